The van der Waals surface area contributed by atoms with E-state index in [0.29, 0.717) is 11.5 Å². The van der Waals surface area contributed by atoms with Crippen LogP contribution in [-0.4, -0.2) is 25.2 Å². The van der Waals surface area contributed by atoms with E-state index in [9.17, 15) is 9.59 Å². The maximum atomic E-state index is 12.0. The molecule has 1 aliphatic rings. The van der Waals surface area contributed by atoms with Crippen molar-refractivity contribution in [3.63, 3.8) is 0 Å². The van der Waals surface area contributed by atoms with Gasteiger partial charge < -0.3 is 9.47 Å². The van der Waals surface area contributed by atoms with E-state index in [1.54, 1.807) is 12.1 Å². The fraction of sp³-hybridized carbons (Fsp3) is 0.333. The Balaban J connectivity index is 1.46. The highest BCUT2D eigenvalue weighted by molar-refractivity contribution is 5.90. The smallest absolute Gasteiger partial charge is 0.338 e. The zero-order valence-corrected chi connectivity index (χ0v) is 14.5. The van der Waals surface area contributed by atoms with Crippen molar-refractivity contribution in [3.8, 4) is 11.1 Å². The highest BCUT2D eigenvalue weighted by Gasteiger charge is 2.54. The molecular formula is C21H22O4. The Morgan fingerprint density at radius 3 is 2.12 bits per heavy atom. The molecule has 2 atom stereocenters. The molecule has 0 bridgehead atoms. The normalized spacial score (nSPS) is 21.4. The number of esters is 2. The van der Waals surface area contributed by atoms with Crippen LogP contribution in [0.25, 0.3) is 11.1 Å². The van der Waals surface area contributed by atoms with Gasteiger partial charge in [0.15, 0.2) is 0 Å². The predicted molar refractivity (Wildman–Crippen MR) is 95.0 cm³/mol. The Kier molecular flexibility index (Phi) is 4.88. The minimum absolute atomic E-state index is 0.0650. The zero-order chi connectivity index (χ0) is 17.9. The average Bonchev–Trinajstić information content (AvgIpc) is 3.27. The Morgan fingerprint density at radius 2 is 1.52 bits per heavy atom. The first-order chi connectivity index (χ1) is 12.0. The standard InChI is InChI=1S/C21H22O4/c1-15-14-21(15,2)20(23)25-13-12-24-19(22)18-10-8-17(9-11-18)16-6-4-3-5-7-16/h3-11,15H,12-14H2,1-2H3. The van der Waals surface area contributed by atoms with Crippen LogP contribution in [0.2, 0.25) is 0 Å². The fourth-order valence-electron chi connectivity index (χ4n) is 2.81. The molecule has 0 heterocycles. The molecule has 2 unspecified atom stereocenters. The Hall–Kier alpha value is -2.62. The van der Waals surface area contributed by atoms with E-state index in [1.165, 1.54) is 0 Å². The molecule has 1 fully saturated rings. The molecule has 1 aliphatic carbocycles. The van der Waals surface area contributed by atoms with Crippen molar-refractivity contribution in [1.82, 2.24) is 0 Å². The number of hydrogen-bond donors (Lipinski definition) is 0. The molecule has 2 aromatic rings. The number of rotatable bonds is 6. The van der Waals surface area contributed by atoms with Crippen molar-refractivity contribution in [1.29, 1.82) is 0 Å². The number of carbonyl (C=O) groups is 2. The molecule has 0 aliphatic heterocycles. The number of carbonyl (C=O) groups excluding carboxylic acids is 2. The van der Waals surface area contributed by atoms with Gasteiger partial charge in [-0.05, 0) is 42.5 Å². The van der Waals surface area contributed by atoms with Gasteiger partial charge in [0, 0.05) is 0 Å². The van der Waals surface area contributed by atoms with E-state index in [4.69, 9.17) is 9.47 Å². The molecule has 2 aromatic carbocycles. The number of hydrogen-bond acceptors (Lipinski definition) is 4. The first-order valence-corrected chi connectivity index (χ1v) is 8.50. The fourth-order valence-corrected chi connectivity index (χ4v) is 2.81. The van der Waals surface area contributed by atoms with Crippen LogP contribution in [0.5, 0.6) is 0 Å². The van der Waals surface area contributed by atoms with Gasteiger partial charge in [0.1, 0.15) is 13.2 Å². The minimum Gasteiger partial charge on any atom is -0.462 e. The summed E-state index contributed by atoms with van der Waals surface area (Å²) in [6, 6.07) is 17.2. The first kappa shape index (κ1) is 17.2. The molecule has 0 saturated heterocycles. The lowest BCUT2D eigenvalue weighted by molar-refractivity contribution is -0.151. The predicted octanol–water partition coefficient (Wildman–Crippen LogP) is 4.10. The summed E-state index contributed by atoms with van der Waals surface area (Å²) >= 11 is 0. The summed E-state index contributed by atoms with van der Waals surface area (Å²) in [6.07, 6.45) is 0.861. The number of benzene rings is 2. The maximum absolute atomic E-state index is 12.0. The van der Waals surface area contributed by atoms with Crippen LogP contribution >= 0.6 is 0 Å². The third-order valence-electron chi connectivity index (χ3n) is 4.90. The summed E-state index contributed by atoms with van der Waals surface area (Å²) in [4.78, 5) is 23.9. The van der Waals surface area contributed by atoms with E-state index >= 15 is 0 Å². The highest BCUT2D eigenvalue weighted by Crippen LogP contribution is 2.52. The molecule has 0 N–H and O–H groups in total. The molecule has 0 spiro atoms. The third-order valence-corrected chi connectivity index (χ3v) is 4.90. The monoisotopic (exact) mass is 338 g/mol. The van der Waals surface area contributed by atoms with Crippen LogP contribution in [0.15, 0.2) is 54.6 Å². The van der Waals surface area contributed by atoms with Crippen molar-refractivity contribution in [2.45, 2.75) is 20.3 Å². The second-order valence-corrected chi connectivity index (χ2v) is 6.74. The molecule has 25 heavy (non-hydrogen) atoms. The van der Waals surface area contributed by atoms with Crippen LogP contribution in [0.3, 0.4) is 0 Å². The van der Waals surface area contributed by atoms with Crippen LogP contribution in [0.1, 0.15) is 30.6 Å². The summed E-state index contributed by atoms with van der Waals surface area (Å²) in [7, 11) is 0. The van der Waals surface area contributed by atoms with Crippen molar-refractivity contribution >= 4 is 11.9 Å². The number of ether oxygens (including phenoxy) is 2. The van der Waals surface area contributed by atoms with Crippen LogP contribution in [0, 0.1) is 11.3 Å². The van der Waals surface area contributed by atoms with Gasteiger partial charge in [0.2, 0.25) is 0 Å². The van der Waals surface area contributed by atoms with E-state index in [1.807, 2.05) is 56.3 Å². The van der Waals surface area contributed by atoms with Gasteiger partial charge in [-0.2, -0.15) is 0 Å². The second kappa shape index (κ2) is 7.09. The zero-order valence-electron chi connectivity index (χ0n) is 14.5. The van der Waals surface area contributed by atoms with Crippen molar-refractivity contribution in [3.05, 3.63) is 60.2 Å². The van der Waals surface area contributed by atoms with Crippen LogP contribution in [0.4, 0.5) is 0 Å². The van der Waals surface area contributed by atoms with Crippen molar-refractivity contribution in [2.24, 2.45) is 11.3 Å². The molecule has 0 aromatic heterocycles. The first-order valence-electron chi connectivity index (χ1n) is 8.50. The summed E-state index contributed by atoms with van der Waals surface area (Å²) in [5, 5.41) is 0. The molecule has 1 saturated carbocycles. The van der Waals surface area contributed by atoms with Crippen LogP contribution in [-0.2, 0) is 14.3 Å². The SMILES string of the molecule is CC1CC1(C)C(=O)OCCOC(=O)c1ccc(-c2ccccc2)cc1. The van der Waals surface area contributed by atoms with E-state index in [-0.39, 0.29) is 24.6 Å². The largest absolute Gasteiger partial charge is 0.462 e. The van der Waals surface area contributed by atoms with E-state index < -0.39 is 5.97 Å². The molecular weight excluding hydrogens is 316 g/mol. The quantitative estimate of drug-likeness (QED) is 0.588. The Bertz CT molecular complexity index is 751. The summed E-state index contributed by atoms with van der Waals surface area (Å²) in [6.45, 7) is 4.09. The van der Waals surface area contributed by atoms with Gasteiger partial charge in [-0.15, -0.1) is 0 Å². The summed E-state index contributed by atoms with van der Waals surface area (Å²) in [5.41, 5.74) is 2.26. The van der Waals surface area contributed by atoms with Crippen LogP contribution < -0.4 is 0 Å². The summed E-state index contributed by atoms with van der Waals surface area (Å²) < 4.78 is 10.4. The van der Waals surface area contributed by atoms with Gasteiger partial charge in [-0.3, -0.25) is 4.79 Å². The molecule has 0 amide bonds. The molecule has 4 heteroatoms. The summed E-state index contributed by atoms with van der Waals surface area (Å²) in [5.74, 6) is -0.254. The molecule has 3 rings (SSSR count). The molecule has 4 nitrogen and oxygen atoms in total. The lowest BCUT2D eigenvalue weighted by atomic mass is 10.0. The molecule has 130 valence electrons. The second-order valence-electron chi connectivity index (χ2n) is 6.74. The van der Waals surface area contributed by atoms with Crippen molar-refractivity contribution in [2.75, 3.05) is 13.2 Å². The lowest BCUT2D eigenvalue weighted by Gasteiger charge is -2.10. The van der Waals surface area contributed by atoms with Crippen molar-refractivity contribution < 1.29 is 19.1 Å². The van der Waals surface area contributed by atoms with Gasteiger partial charge in [-0.1, -0.05) is 49.4 Å². The Labute approximate surface area is 147 Å². The average molecular weight is 338 g/mol. The van der Waals surface area contributed by atoms with Gasteiger partial charge in [-0.25, -0.2) is 4.79 Å². The Morgan fingerprint density at radius 1 is 0.960 bits per heavy atom. The topological polar surface area (TPSA) is 52.6 Å². The molecule has 0 radical (unpaired) electrons. The van der Waals surface area contributed by atoms with Gasteiger partial charge in [0.05, 0.1) is 11.0 Å². The van der Waals surface area contributed by atoms with Gasteiger partial charge in [0.25, 0.3) is 0 Å². The van der Waals surface area contributed by atoms with E-state index in [2.05, 4.69) is 0 Å². The third kappa shape index (κ3) is 3.90. The lowest BCUT2D eigenvalue weighted by Crippen LogP contribution is -2.20. The van der Waals surface area contributed by atoms with Gasteiger partial charge >= 0.3 is 11.9 Å². The maximum Gasteiger partial charge on any atom is 0.338 e. The van der Waals surface area contributed by atoms with E-state index in [0.717, 1.165) is 17.5 Å². The minimum atomic E-state index is -0.415. The highest BCUT2D eigenvalue weighted by atomic mass is 16.6.